The molecule has 1 saturated heterocycles. The van der Waals surface area contributed by atoms with Crippen LogP contribution in [0.2, 0.25) is 0 Å². The van der Waals surface area contributed by atoms with Crippen molar-refractivity contribution in [1.82, 2.24) is 19.4 Å². The number of hydrogen-bond acceptors (Lipinski definition) is 6. The van der Waals surface area contributed by atoms with E-state index < -0.39 is 0 Å². The van der Waals surface area contributed by atoms with E-state index in [4.69, 9.17) is 0 Å². The molecule has 7 nitrogen and oxygen atoms in total. The molecule has 1 aliphatic rings. The molecule has 3 aromatic rings. The van der Waals surface area contributed by atoms with Gasteiger partial charge in [-0.25, -0.2) is 4.98 Å². The number of piperidine rings is 1. The molecule has 0 unspecified atom stereocenters. The van der Waals surface area contributed by atoms with E-state index in [1.165, 1.54) is 22.2 Å². The van der Waals surface area contributed by atoms with Crippen molar-refractivity contribution < 1.29 is 9.59 Å². The Labute approximate surface area is 188 Å². The zero-order valence-electron chi connectivity index (χ0n) is 17.7. The van der Waals surface area contributed by atoms with Crippen molar-refractivity contribution >= 4 is 44.7 Å². The molecule has 0 aliphatic carbocycles. The molecule has 4 rings (SSSR count). The molecule has 0 spiro atoms. The third-order valence-corrected chi connectivity index (χ3v) is 7.71. The predicted octanol–water partition coefficient (Wildman–Crippen LogP) is 3.29. The summed E-state index contributed by atoms with van der Waals surface area (Å²) in [4.78, 5) is 48.3. The monoisotopic (exact) mass is 458 g/mol. The van der Waals surface area contributed by atoms with Gasteiger partial charge in [-0.2, -0.15) is 0 Å². The normalized spacial score (nSPS) is 14.8. The number of rotatable bonds is 6. The second-order valence-corrected chi connectivity index (χ2v) is 9.46. The standard InChI is InChI=1S/C22H26N4O3S2/c1-3-24(4-2)21(28)15-7-9-25(10-8-15)18(27)12-26-14-23-20-19(22(26)29)16(13-31-20)17-6-5-11-30-17/h5-6,11,13-15H,3-4,7-10,12H2,1-2H3. The lowest BCUT2D eigenvalue weighted by molar-refractivity contribution is -0.140. The summed E-state index contributed by atoms with van der Waals surface area (Å²) < 4.78 is 1.40. The Kier molecular flexibility index (Phi) is 6.52. The molecule has 1 aliphatic heterocycles. The molecule has 4 heterocycles. The second-order valence-electron chi connectivity index (χ2n) is 7.65. The number of likely N-dealkylation sites (tertiary alicyclic amines) is 1. The Balaban J connectivity index is 1.46. The summed E-state index contributed by atoms with van der Waals surface area (Å²) in [6, 6.07) is 3.94. The maximum atomic E-state index is 13.1. The van der Waals surface area contributed by atoms with Crippen LogP contribution < -0.4 is 5.56 Å². The molecule has 0 aromatic carbocycles. The van der Waals surface area contributed by atoms with E-state index >= 15 is 0 Å². The van der Waals surface area contributed by atoms with Crippen molar-refractivity contribution in [3.63, 3.8) is 0 Å². The molecule has 0 N–H and O–H groups in total. The first-order valence-electron chi connectivity index (χ1n) is 10.6. The van der Waals surface area contributed by atoms with Gasteiger partial charge in [0.05, 0.1) is 11.7 Å². The molecule has 3 aromatic heterocycles. The number of nitrogens with zero attached hydrogens (tertiary/aromatic N) is 4. The maximum absolute atomic E-state index is 13.1. The number of carbonyl (C=O) groups is 2. The smallest absolute Gasteiger partial charge is 0.263 e. The van der Waals surface area contributed by atoms with Crippen LogP contribution in [0.15, 0.2) is 34.0 Å². The Morgan fingerprint density at radius 2 is 1.94 bits per heavy atom. The van der Waals surface area contributed by atoms with E-state index in [9.17, 15) is 14.4 Å². The van der Waals surface area contributed by atoms with Gasteiger partial charge in [0.25, 0.3) is 5.56 Å². The van der Waals surface area contributed by atoms with Crippen LogP contribution in [-0.2, 0) is 16.1 Å². The van der Waals surface area contributed by atoms with E-state index in [0.717, 1.165) is 10.4 Å². The summed E-state index contributed by atoms with van der Waals surface area (Å²) in [5.74, 6) is 0.0512. The first kappa shape index (κ1) is 21.7. The molecular formula is C22H26N4O3S2. The van der Waals surface area contributed by atoms with Gasteiger partial charge in [0, 0.05) is 47.9 Å². The fourth-order valence-corrected chi connectivity index (χ4v) is 5.83. The minimum Gasteiger partial charge on any atom is -0.343 e. The average molecular weight is 459 g/mol. The number of carbonyl (C=O) groups excluding carboxylic acids is 2. The molecule has 31 heavy (non-hydrogen) atoms. The number of aromatic nitrogens is 2. The van der Waals surface area contributed by atoms with Crippen molar-refractivity contribution in [3.8, 4) is 10.4 Å². The summed E-state index contributed by atoms with van der Waals surface area (Å²) in [6.07, 6.45) is 2.80. The van der Waals surface area contributed by atoms with Gasteiger partial charge >= 0.3 is 0 Å². The average Bonchev–Trinajstić information content (AvgIpc) is 3.46. The summed E-state index contributed by atoms with van der Waals surface area (Å²) in [5, 5.41) is 4.51. The van der Waals surface area contributed by atoms with Crippen LogP contribution in [0.25, 0.3) is 20.7 Å². The number of amides is 2. The van der Waals surface area contributed by atoms with Crippen LogP contribution in [0, 0.1) is 5.92 Å². The van der Waals surface area contributed by atoms with Crippen molar-refractivity contribution in [2.45, 2.75) is 33.2 Å². The largest absolute Gasteiger partial charge is 0.343 e. The molecule has 1 fully saturated rings. The van der Waals surface area contributed by atoms with Gasteiger partial charge in [0.2, 0.25) is 11.8 Å². The van der Waals surface area contributed by atoms with Crippen LogP contribution in [-0.4, -0.2) is 57.3 Å². The highest BCUT2D eigenvalue weighted by molar-refractivity contribution is 7.18. The van der Waals surface area contributed by atoms with E-state index in [2.05, 4.69) is 4.98 Å². The van der Waals surface area contributed by atoms with Gasteiger partial charge in [0.1, 0.15) is 11.4 Å². The Hall–Kier alpha value is -2.52. The van der Waals surface area contributed by atoms with Crippen molar-refractivity contribution in [1.29, 1.82) is 0 Å². The third kappa shape index (κ3) is 4.29. The van der Waals surface area contributed by atoms with Crippen LogP contribution >= 0.6 is 22.7 Å². The summed E-state index contributed by atoms with van der Waals surface area (Å²) in [7, 11) is 0. The first-order chi connectivity index (χ1) is 15.0. The molecule has 2 amide bonds. The molecule has 0 atom stereocenters. The molecular weight excluding hydrogens is 432 g/mol. The Morgan fingerprint density at radius 1 is 1.19 bits per heavy atom. The molecule has 0 saturated carbocycles. The fourth-order valence-electron chi connectivity index (χ4n) is 4.11. The highest BCUT2D eigenvalue weighted by atomic mass is 32.1. The van der Waals surface area contributed by atoms with Gasteiger partial charge in [-0.1, -0.05) is 6.07 Å². The quantitative estimate of drug-likeness (QED) is 0.568. The lowest BCUT2D eigenvalue weighted by Crippen LogP contribution is -2.45. The summed E-state index contributed by atoms with van der Waals surface area (Å²) in [5.41, 5.74) is 0.694. The van der Waals surface area contributed by atoms with E-state index in [1.807, 2.05) is 41.6 Å². The zero-order chi connectivity index (χ0) is 22.0. The van der Waals surface area contributed by atoms with Gasteiger partial charge in [-0.15, -0.1) is 22.7 Å². The van der Waals surface area contributed by atoms with E-state index in [-0.39, 0.29) is 29.8 Å². The van der Waals surface area contributed by atoms with Gasteiger partial charge in [0.15, 0.2) is 0 Å². The van der Waals surface area contributed by atoms with Gasteiger partial charge in [-0.05, 0) is 38.1 Å². The predicted molar refractivity (Wildman–Crippen MR) is 124 cm³/mol. The van der Waals surface area contributed by atoms with Crippen molar-refractivity contribution in [2.24, 2.45) is 5.92 Å². The van der Waals surface area contributed by atoms with Crippen LogP contribution in [0.4, 0.5) is 0 Å². The highest BCUT2D eigenvalue weighted by Crippen LogP contribution is 2.33. The fraction of sp³-hybridized carbons (Fsp3) is 0.455. The van der Waals surface area contributed by atoms with Gasteiger partial charge < -0.3 is 9.80 Å². The lowest BCUT2D eigenvalue weighted by atomic mass is 9.95. The number of hydrogen-bond donors (Lipinski definition) is 0. The molecule has 0 radical (unpaired) electrons. The Bertz CT molecular complexity index is 1120. The number of thiophene rings is 2. The number of fused-ring (bicyclic) bond motifs is 1. The third-order valence-electron chi connectivity index (χ3n) is 5.92. The minimum absolute atomic E-state index is 0.0242. The second kappa shape index (κ2) is 9.32. The minimum atomic E-state index is -0.186. The molecule has 0 bridgehead atoms. The summed E-state index contributed by atoms with van der Waals surface area (Å²) >= 11 is 3.02. The van der Waals surface area contributed by atoms with E-state index in [1.54, 1.807) is 16.2 Å². The first-order valence-corrected chi connectivity index (χ1v) is 12.4. The van der Waals surface area contributed by atoms with Crippen molar-refractivity contribution in [2.75, 3.05) is 26.2 Å². The molecule has 9 heteroatoms. The Morgan fingerprint density at radius 3 is 2.58 bits per heavy atom. The van der Waals surface area contributed by atoms with Crippen LogP contribution in [0.3, 0.4) is 0 Å². The van der Waals surface area contributed by atoms with E-state index in [0.29, 0.717) is 49.2 Å². The molecule has 164 valence electrons. The highest BCUT2D eigenvalue weighted by Gasteiger charge is 2.29. The zero-order valence-corrected chi connectivity index (χ0v) is 19.4. The summed E-state index contributed by atoms with van der Waals surface area (Å²) in [6.45, 7) is 6.45. The maximum Gasteiger partial charge on any atom is 0.263 e. The van der Waals surface area contributed by atoms with Gasteiger partial charge in [-0.3, -0.25) is 19.0 Å². The SMILES string of the molecule is CCN(CC)C(=O)C1CCN(C(=O)Cn2cnc3scc(-c4cccs4)c3c2=O)CC1. The van der Waals surface area contributed by atoms with Crippen LogP contribution in [0.5, 0.6) is 0 Å². The lowest BCUT2D eigenvalue weighted by Gasteiger charge is -2.33. The van der Waals surface area contributed by atoms with Crippen LogP contribution in [0.1, 0.15) is 26.7 Å². The van der Waals surface area contributed by atoms with Crippen molar-refractivity contribution in [3.05, 3.63) is 39.6 Å². The topological polar surface area (TPSA) is 75.5 Å².